The number of rotatable bonds is 4. The number of carbonyl (C=O) groups is 1. The first-order valence-electron chi connectivity index (χ1n) is 9.97. The van der Waals surface area contributed by atoms with E-state index < -0.39 is 5.91 Å². The molecule has 0 fully saturated rings. The van der Waals surface area contributed by atoms with Crippen LogP contribution in [0.25, 0.3) is 32.9 Å². The van der Waals surface area contributed by atoms with Gasteiger partial charge in [0.1, 0.15) is 0 Å². The summed E-state index contributed by atoms with van der Waals surface area (Å²) in [6.45, 7) is 0.572. The molecule has 0 radical (unpaired) electrons. The average Bonchev–Trinajstić information content (AvgIpc) is 3.07. The molecular weight excluding hydrogens is 463 g/mol. The fourth-order valence-electron chi connectivity index (χ4n) is 4.27. The van der Waals surface area contributed by atoms with Crippen LogP contribution in [0.1, 0.15) is 15.9 Å². The maximum Gasteiger partial charge on any atom is 0.249 e. The Bertz CT molecular complexity index is 1500. The monoisotopic (exact) mass is 478 g/mol. The predicted molar refractivity (Wildman–Crippen MR) is 134 cm³/mol. The van der Waals surface area contributed by atoms with Crippen molar-refractivity contribution < 1.29 is 4.79 Å². The van der Waals surface area contributed by atoms with Gasteiger partial charge < -0.3 is 10.3 Å². The van der Waals surface area contributed by atoms with Crippen molar-refractivity contribution in [2.45, 2.75) is 6.54 Å². The molecule has 4 aromatic carbocycles. The standard InChI is InChI=1S/C26H17Cl3N2O/c27-17-5-1-4-15(12-17)14-31-22-9-2-6-19(26(30)32)25(22)18-11-10-16(13-23(18)31)24-20(28)7-3-8-21(24)29/h1-13H,14H2,(H2,30,32). The number of hydrogen-bond donors (Lipinski definition) is 1. The molecule has 1 heterocycles. The van der Waals surface area contributed by atoms with Crippen LogP contribution in [0, 0.1) is 0 Å². The number of halogens is 3. The summed E-state index contributed by atoms with van der Waals surface area (Å²) in [7, 11) is 0. The minimum absolute atomic E-state index is 0.462. The molecule has 0 saturated heterocycles. The van der Waals surface area contributed by atoms with E-state index >= 15 is 0 Å². The van der Waals surface area contributed by atoms with Gasteiger partial charge >= 0.3 is 0 Å². The minimum Gasteiger partial charge on any atom is -0.366 e. The van der Waals surface area contributed by atoms with E-state index in [0.29, 0.717) is 27.2 Å². The van der Waals surface area contributed by atoms with Gasteiger partial charge in [0.05, 0.1) is 11.0 Å². The van der Waals surface area contributed by atoms with Crippen LogP contribution >= 0.6 is 34.8 Å². The van der Waals surface area contributed by atoms with Crippen molar-refractivity contribution in [1.82, 2.24) is 4.57 Å². The largest absolute Gasteiger partial charge is 0.366 e. The summed E-state index contributed by atoms with van der Waals surface area (Å²) >= 11 is 19.2. The van der Waals surface area contributed by atoms with Gasteiger partial charge in [-0.15, -0.1) is 0 Å². The van der Waals surface area contributed by atoms with E-state index in [1.807, 2.05) is 66.7 Å². The molecule has 0 aliphatic carbocycles. The van der Waals surface area contributed by atoms with Crippen molar-refractivity contribution >= 4 is 62.5 Å². The van der Waals surface area contributed by atoms with Crippen LogP contribution in [-0.4, -0.2) is 10.5 Å². The number of hydrogen-bond acceptors (Lipinski definition) is 1. The van der Waals surface area contributed by atoms with Crippen LogP contribution in [-0.2, 0) is 6.54 Å². The Kier molecular flexibility index (Phi) is 5.34. The Morgan fingerprint density at radius 2 is 1.53 bits per heavy atom. The molecule has 158 valence electrons. The van der Waals surface area contributed by atoms with Crippen molar-refractivity contribution in [2.75, 3.05) is 0 Å². The van der Waals surface area contributed by atoms with Crippen molar-refractivity contribution in [3.05, 3.63) is 105 Å². The molecule has 0 aliphatic rings. The van der Waals surface area contributed by atoms with Gasteiger partial charge in [0.25, 0.3) is 0 Å². The van der Waals surface area contributed by atoms with Crippen LogP contribution in [0.2, 0.25) is 15.1 Å². The summed E-state index contributed by atoms with van der Waals surface area (Å²) in [5, 5.41) is 3.58. The molecule has 32 heavy (non-hydrogen) atoms. The predicted octanol–water partition coefficient (Wildman–Crippen LogP) is 7.57. The molecule has 0 bridgehead atoms. The van der Waals surface area contributed by atoms with Crippen molar-refractivity contribution in [2.24, 2.45) is 5.73 Å². The topological polar surface area (TPSA) is 48.0 Å². The molecule has 1 amide bonds. The van der Waals surface area contributed by atoms with E-state index in [2.05, 4.69) is 10.6 Å². The first-order chi connectivity index (χ1) is 15.4. The summed E-state index contributed by atoms with van der Waals surface area (Å²) in [5.74, 6) is -0.462. The third-order valence-corrected chi connectivity index (χ3v) is 6.50. The van der Waals surface area contributed by atoms with Gasteiger partial charge in [-0.05, 0) is 53.6 Å². The zero-order valence-corrected chi connectivity index (χ0v) is 19.0. The first-order valence-corrected chi connectivity index (χ1v) is 11.1. The summed E-state index contributed by atoms with van der Waals surface area (Å²) in [5.41, 5.74) is 10.8. The second kappa shape index (κ2) is 8.18. The van der Waals surface area contributed by atoms with Crippen LogP contribution < -0.4 is 5.73 Å². The second-order valence-corrected chi connectivity index (χ2v) is 8.86. The van der Waals surface area contributed by atoms with Crippen molar-refractivity contribution in [3.63, 3.8) is 0 Å². The summed E-state index contributed by atoms with van der Waals surface area (Å²) in [4.78, 5) is 12.2. The highest BCUT2D eigenvalue weighted by Gasteiger charge is 2.18. The average molecular weight is 480 g/mol. The van der Waals surface area contributed by atoms with E-state index in [4.69, 9.17) is 40.5 Å². The number of benzene rings is 4. The number of fused-ring (bicyclic) bond motifs is 3. The molecule has 3 nitrogen and oxygen atoms in total. The molecule has 6 heteroatoms. The Morgan fingerprint density at radius 3 is 2.25 bits per heavy atom. The molecule has 1 aromatic heterocycles. The number of aromatic nitrogens is 1. The highest BCUT2D eigenvalue weighted by molar-refractivity contribution is 6.39. The summed E-state index contributed by atoms with van der Waals surface area (Å²) in [6, 6.07) is 24.8. The third-order valence-electron chi connectivity index (χ3n) is 5.64. The van der Waals surface area contributed by atoms with Crippen LogP contribution in [0.4, 0.5) is 0 Å². The highest BCUT2D eigenvalue weighted by atomic mass is 35.5. The zero-order chi connectivity index (χ0) is 22.4. The van der Waals surface area contributed by atoms with Gasteiger partial charge in [0.2, 0.25) is 5.91 Å². The minimum atomic E-state index is -0.462. The summed E-state index contributed by atoms with van der Waals surface area (Å²) in [6.07, 6.45) is 0. The molecule has 0 atom stereocenters. The van der Waals surface area contributed by atoms with Gasteiger partial charge in [-0.1, -0.05) is 71.2 Å². The van der Waals surface area contributed by atoms with Gasteiger partial charge in [0.15, 0.2) is 0 Å². The molecule has 5 aromatic rings. The number of carbonyl (C=O) groups excluding carboxylic acids is 1. The number of nitrogens with two attached hydrogens (primary N) is 1. The normalized spacial score (nSPS) is 11.3. The lowest BCUT2D eigenvalue weighted by atomic mass is 10.0. The smallest absolute Gasteiger partial charge is 0.249 e. The Labute approximate surface area is 199 Å². The molecule has 0 saturated carbocycles. The summed E-state index contributed by atoms with van der Waals surface area (Å²) < 4.78 is 2.16. The highest BCUT2D eigenvalue weighted by Crippen LogP contribution is 2.39. The number of primary amides is 1. The van der Waals surface area contributed by atoms with E-state index in [9.17, 15) is 4.79 Å². The lowest BCUT2D eigenvalue weighted by Gasteiger charge is -2.11. The Balaban J connectivity index is 1.84. The molecule has 0 spiro atoms. The molecule has 5 rings (SSSR count). The molecule has 0 unspecified atom stereocenters. The SMILES string of the molecule is NC(=O)c1cccc2c1c1ccc(-c3c(Cl)cccc3Cl)cc1n2Cc1cccc(Cl)c1. The number of nitrogens with zero attached hydrogens (tertiary/aromatic N) is 1. The third kappa shape index (κ3) is 3.53. The quantitative estimate of drug-likeness (QED) is 0.284. The Hall–Kier alpha value is -2.98. The lowest BCUT2D eigenvalue weighted by molar-refractivity contribution is 0.100. The van der Waals surface area contributed by atoms with E-state index in [1.54, 1.807) is 6.07 Å². The van der Waals surface area contributed by atoms with E-state index in [0.717, 1.165) is 38.5 Å². The first kappa shape index (κ1) is 20.9. The van der Waals surface area contributed by atoms with Crippen molar-refractivity contribution in [1.29, 1.82) is 0 Å². The molecular formula is C26H17Cl3N2O. The number of amides is 1. The Morgan fingerprint density at radius 1 is 0.812 bits per heavy atom. The van der Waals surface area contributed by atoms with Crippen LogP contribution in [0.5, 0.6) is 0 Å². The van der Waals surface area contributed by atoms with Gasteiger partial charge in [0, 0.05) is 43.5 Å². The van der Waals surface area contributed by atoms with E-state index in [1.165, 1.54) is 0 Å². The second-order valence-electron chi connectivity index (χ2n) is 7.61. The lowest BCUT2D eigenvalue weighted by Crippen LogP contribution is -2.11. The van der Waals surface area contributed by atoms with Crippen LogP contribution in [0.3, 0.4) is 0 Å². The van der Waals surface area contributed by atoms with E-state index in [-0.39, 0.29) is 0 Å². The molecule has 0 aliphatic heterocycles. The molecule has 2 N–H and O–H groups in total. The van der Waals surface area contributed by atoms with Crippen LogP contribution in [0.15, 0.2) is 78.9 Å². The maximum atomic E-state index is 12.2. The van der Waals surface area contributed by atoms with Gasteiger partial charge in [-0.3, -0.25) is 4.79 Å². The maximum absolute atomic E-state index is 12.2. The van der Waals surface area contributed by atoms with Gasteiger partial charge in [-0.2, -0.15) is 0 Å². The van der Waals surface area contributed by atoms with Gasteiger partial charge in [-0.25, -0.2) is 0 Å². The fraction of sp³-hybridized carbons (Fsp3) is 0.0385. The zero-order valence-electron chi connectivity index (χ0n) is 16.8. The fourth-order valence-corrected chi connectivity index (χ4v) is 5.10. The van der Waals surface area contributed by atoms with Crippen molar-refractivity contribution in [3.8, 4) is 11.1 Å².